The molecule has 0 aliphatic carbocycles. The second-order valence-corrected chi connectivity index (χ2v) is 6.84. The number of carbonyl (C=O) groups excluding carboxylic acids is 2. The van der Waals surface area contributed by atoms with Crippen LogP contribution in [0.1, 0.15) is 31.2 Å². The molecule has 0 spiro atoms. The van der Waals surface area contributed by atoms with Gasteiger partial charge in [-0.3, -0.25) is 4.79 Å². The van der Waals surface area contributed by atoms with Crippen LogP contribution in [0, 0.1) is 6.92 Å². The number of nitrogens with two attached hydrogens (primary N) is 1. The average molecular weight is 351 g/mol. The van der Waals surface area contributed by atoms with E-state index in [9.17, 15) is 9.59 Å². The Hall–Kier alpha value is -2.82. The molecule has 1 heterocycles. The van der Waals surface area contributed by atoms with E-state index in [-0.39, 0.29) is 24.4 Å². The Morgan fingerprint density at radius 1 is 1.12 bits per heavy atom. The second-order valence-electron chi connectivity index (χ2n) is 6.84. The molecule has 0 radical (unpaired) electrons. The van der Waals surface area contributed by atoms with Crippen LogP contribution in [0.2, 0.25) is 0 Å². The molecule has 5 nitrogen and oxygen atoms in total. The molecule has 136 valence electrons. The van der Waals surface area contributed by atoms with Gasteiger partial charge in [-0.1, -0.05) is 36.4 Å². The molecule has 5 heteroatoms. The first-order valence-electron chi connectivity index (χ1n) is 9.06. The van der Waals surface area contributed by atoms with Crippen molar-refractivity contribution in [1.29, 1.82) is 0 Å². The number of aryl methyl sites for hydroxylation is 1. The molecule has 1 atom stereocenters. The summed E-state index contributed by atoms with van der Waals surface area (Å²) in [4.78, 5) is 25.6. The number of hydrogen-bond donors (Lipinski definition) is 2. The minimum absolute atomic E-state index is 0.104. The number of likely N-dealkylation sites (tertiary alicyclic amines) is 1. The van der Waals surface area contributed by atoms with Crippen LogP contribution in [0.5, 0.6) is 0 Å². The normalized spacial score (nSPS) is 17.0. The first kappa shape index (κ1) is 18.0. The molecule has 3 rings (SSSR count). The molecule has 26 heavy (non-hydrogen) atoms. The van der Waals surface area contributed by atoms with E-state index in [4.69, 9.17) is 5.73 Å². The van der Waals surface area contributed by atoms with Crippen molar-refractivity contribution in [3.63, 3.8) is 0 Å². The van der Waals surface area contributed by atoms with Gasteiger partial charge in [0.25, 0.3) is 0 Å². The van der Waals surface area contributed by atoms with Crippen LogP contribution >= 0.6 is 0 Å². The van der Waals surface area contributed by atoms with Crippen molar-refractivity contribution in [2.45, 2.75) is 38.6 Å². The fourth-order valence-corrected chi connectivity index (χ4v) is 3.54. The van der Waals surface area contributed by atoms with E-state index in [1.807, 2.05) is 36.4 Å². The minimum Gasteiger partial charge on any atom is -0.370 e. The second kappa shape index (κ2) is 8.04. The Balaban J connectivity index is 1.69. The monoisotopic (exact) mass is 351 g/mol. The summed E-state index contributed by atoms with van der Waals surface area (Å²) >= 11 is 0. The number of anilines is 1. The first-order valence-corrected chi connectivity index (χ1v) is 9.06. The van der Waals surface area contributed by atoms with Gasteiger partial charge in [0.15, 0.2) is 0 Å². The van der Waals surface area contributed by atoms with Crippen molar-refractivity contribution in [3.05, 3.63) is 54.1 Å². The van der Waals surface area contributed by atoms with Gasteiger partial charge in [-0.05, 0) is 55.0 Å². The molecular formula is C21H25N3O2. The van der Waals surface area contributed by atoms with Crippen molar-refractivity contribution in [1.82, 2.24) is 4.90 Å². The molecule has 2 aromatic carbocycles. The van der Waals surface area contributed by atoms with Crippen molar-refractivity contribution in [2.75, 3.05) is 11.9 Å². The number of urea groups is 1. The van der Waals surface area contributed by atoms with Crippen LogP contribution in [-0.4, -0.2) is 29.4 Å². The summed E-state index contributed by atoms with van der Waals surface area (Å²) in [6.07, 6.45) is 3.02. The number of amides is 3. The quantitative estimate of drug-likeness (QED) is 0.876. The molecule has 1 aliphatic heterocycles. The van der Waals surface area contributed by atoms with Gasteiger partial charge >= 0.3 is 6.03 Å². The molecule has 0 saturated carbocycles. The molecule has 3 N–H and O–H groups in total. The Morgan fingerprint density at radius 2 is 1.85 bits per heavy atom. The van der Waals surface area contributed by atoms with E-state index in [1.54, 1.807) is 4.90 Å². The van der Waals surface area contributed by atoms with Gasteiger partial charge in [-0.2, -0.15) is 0 Å². The molecule has 1 aliphatic rings. The van der Waals surface area contributed by atoms with E-state index >= 15 is 0 Å². The molecule has 3 amide bonds. The average Bonchev–Trinajstić information content (AvgIpc) is 2.63. The number of nitrogens with zero attached hydrogens (tertiary/aromatic N) is 1. The third-order valence-corrected chi connectivity index (χ3v) is 4.92. The summed E-state index contributed by atoms with van der Waals surface area (Å²) in [6.45, 7) is 2.74. The number of piperidine rings is 1. The Morgan fingerprint density at radius 3 is 2.54 bits per heavy atom. The Kier molecular flexibility index (Phi) is 5.56. The Labute approximate surface area is 154 Å². The van der Waals surface area contributed by atoms with E-state index in [2.05, 4.69) is 24.4 Å². The lowest BCUT2D eigenvalue weighted by Gasteiger charge is -2.35. The number of benzene rings is 2. The van der Waals surface area contributed by atoms with Crippen molar-refractivity contribution >= 4 is 17.6 Å². The predicted octanol–water partition coefficient (Wildman–Crippen LogP) is 3.92. The lowest BCUT2D eigenvalue weighted by Crippen LogP contribution is -2.47. The molecule has 1 fully saturated rings. The fourth-order valence-electron chi connectivity index (χ4n) is 3.54. The van der Waals surface area contributed by atoms with Crippen LogP contribution in [0.4, 0.5) is 10.5 Å². The SMILES string of the molecule is Cc1ccccc1-c1ccc(NC(=O)N2CCCC[C@H]2CC(N)=O)cc1. The highest BCUT2D eigenvalue weighted by atomic mass is 16.2. The molecular weight excluding hydrogens is 326 g/mol. The predicted molar refractivity (Wildman–Crippen MR) is 104 cm³/mol. The summed E-state index contributed by atoms with van der Waals surface area (Å²) in [5.41, 5.74) is 9.59. The molecule has 1 saturated heterocycles. The molecule has 2 aromatic rings. The Bertz CT molecular complexity index is 786. The summed E-state index contributed by atoms with van der Waals surface area (Å²) in [5.74, 6) is -0.364. The van der Waals surface area contributed by atoms with E-state index in [0.717, 1.165) is 30.5 Å². The van der Waals surface area contributed by atoms with Gasteiger partial charge < -0.3 is 16.0 Å². The number of carbonyl (C=O) groups is 2. The van der Waals surface area contributed by atoms with Crippen LogP contribution in [0.15, 0.2) is 48.5 Å². The maximum Gasteiger partial charge on any atom is 0.322 e. The van der Waals surface area contributed by atoms with Gasteiger partial charge in [0.2, 0.25) is 5.91 Å². The summed E-state index contributed by atoms with van der Waals surface area (Å²) in [6, 6.07) is 15.8. The van der Waals surface area contributed by atoms with Crippen LogP contribution < -0.4 is 11.1 Å². The molecule has 0 aromatic heterocycles. The largest absolute Gasteiger partial charge is 0.370 e. The van der Waals surface area contributed by atoms with Crippen LogP contribution in [0.3, 0.4) is 0 Å². The van der Waals surface area contributed by atoms with Gasteiger partial charge in [-0.15, -0.1) is 0 Å². The van der Waals surface area contributed by atoms with Crippen molar-refractivity contribution in [3.8, 4) is 11.1 Å². The lowest BCUT2D eigenvalue weighted by molar-refractivity contribution is -0.119. The zero-order valence-electron chi connectivity index (χ0n) is 15.1. The smallest absolute Gasteiger partial charge is 0.322 e. The number of nitrogens with one attached hydrogen (secondary N) is 1. The zero-order valence-corrected chi connectivity index (χ0v) is 15.1. The highest BCUT2D eigenvalue weighted by Crippen LogP contribution is 2.25. The summed E-state index contributed by atoms with van der Waals surface area (Å²) in [7, 11) is 0. The maximum atomic E-state index is 12.6. The fraction of sp³-hybridized carbons (Fsp3) is 0.333. The summed E-state index contributed by atoms with van der Waals surface area (Å²) < 4.78 is 0. The zero-order chi connectivity index (χ0) is 18.5. The van der Waals surface area contributed by atoms with Crippen LogP contribution in [-0.2, 0) is 4.79 Å². The standard InChI is InChI=1S/C21H25N3O2/c1-15-6-2-3-8-19(15)16-9-11-17(12-10-16)23-21(26)24-13-5-4-7-18(24)14-20(22)25/h2-3,6,8-12,18H,4-5,7,13-14H2,1H3,(H2,22,25)(H,23,26)/t18-/m0/s1. The number of hydrogen-bond acceptors (Lipinski definition) is 2. The van der Waals surface area contributed by atoms with Gasteiger partial charge in [0, 0.05) is 24.7 Å². The molecule has 0 unspecified atom stereocenters. The number of primary amides is 1. The third-order valence-electron chi connectivity index (χ3n) is 4.92. The van der Waals surface area contributed by atoms with E-state index < -0.39 is 0 Å². The van der Waals surface area contributed by atoms with Crippen molar-refractivity contribution < 1.29 is 9.59 Å². The number of rotatable bonds is 4. The van der Waals surface area contributed by atoms with Crippen LogP contribution in [0.25, 0.3) is 11.1 Å². The first-order chi connectivity index (χ1) is 12.5. The van der Waals surface area contributed by atoms with E-state index in [0.29, 0.717) is 6.54 Å². The lowest BCUT2D eigenvalue weighted by atomic mass is 9.99. The highest BCUT2D eigenvalue weighted by Gasteiger charge is 2.27. The topological polar surface area (TPSA) is 75.4 Å². The highest BCUT2D eigenvalue weighted by molar-refractivity contribution is 5.90. The summed E-state index contributed by atoms with van der Waals surface area (Å²) in [5, 5.41) is 2.94. The van der Waals surface area contributed by atoms with Gasteiger partial charge in [-0.25, -0.2) is 4.79 Å². The minimum atomic E-state index is -0.364. The van der Waals surface area contributed by atoms with E-state index in [1.165, 1.54) is 11.1 Å². The molecule has 0 bridgehead atoms. The third kappa shape index (κ3) is 4.23. The maximum absolute atomic E-state index is 12.6. The van der Waals surface area contributed by atoms with Gasteiger partial charge in [0.1, 0.15) is 0 Å². The van der Waals surface area contributed by atoms with Crippen molar-refractivity contribution in [2.24, 2.45) is 5.73 Å². The van der Waals surface area contributed by atoms with Gasteiger partial charge in [0.05, 0.1) is 0 Å².